The molecule has 7 heteroatoms. The molecule has 1 aromatic heterocycles. The topological polar surface area (TPSA) is 92.9 Å². The fourth-order valence-electron chi connectivity index (χ4n) is 2.18. The van der Waals surface area contributed by atoms with Gasteiger partial charge in [-0.3, -0.25) is 4.79 Å². The number of hydrogen-bond acceptors (Lipinski definition) is 5. The van der Waals surface area contributed by atoms with E-state index in [9.17, 15) is 9.90 Å². The van der Waals surface area contributed by atoms with Crippen molar-refractivity contribution in [3.8, 4) is 5.69 Å². The quantitative estimate of drug-likeness (QED) is 0.764. The van der Waals surface area contributed by atoms with Gasteiger partial charge in [0.1, 0.15) is 0 Å². The predicted molar refractivity (Wildman–Crippen MR) is 83.9 cm³/mol. The first-order chi connectivity index (χ1) is 11.1. The normalized spacial score (nSPS) is 11.9. The number of aliphatic hydroxyl groups is 1. The van der Waals surface area contributed by atoms with Crippen molar-refractivity contribution in [3.63, 3.8) is 0 Å². The van der Waals surface area contributed by atoms with Crippen LogP contribution < -0.4 is 5.32 Å². The predicted octanol–water partition coefficient (Wildman–Crippen LogP) is 1.64. The minimum absolute atomic E-state index is 0.498. The molecule has 0 aliphatic carbocycles. The molecule has 7 nitrogen and oxygen atoms in total. The Morgan fingerprint density at radius 3 is 2.65 bits per heavy atom. The van der Waals surface area contributed by atoms with E-state index in [4.69, 9.17) is 0 Å². The summed E-state index contributed by atoms with van der Waals surface area (Å²) in [5.74, 6) is 0.139. The summed E-state index contributed by atoms with van der Waals surface area (Å²) in [6, 6.07) is 15.8. The number of rotatable bonds is 4. The molecule has 0 aliphatic heterocycles. The maximum absolute atomic E-state index is 12.2. The molecule has 0 spiro atoms. The largest absolute Gasteiger partial charge is 0.378 e. The van der Waals surface area contributed by atoms with Gasteiger partial charge in [-0.2, -0.15) is 4.68 Å². The van der Waals surface area contributed by atoms with Crippen LogP contribution in [0.4, 0.5) is 5.69 Å². The second kappa shape index (κ2) is 6.37. The molecule has 2 aromatic carbocycles. The first-order valence-corrected chi connectivity index (χ1v) is 7.04. The number of aliphatic hydroxyl groups excluding tert-OH is 1. The molecule has 3 aromatic rings. The van der Waals surface area contributed by atoms with E-state index in [-0.39, 0.29) is 0 Å². The Morgan fingerprint density at radius 2 is 1.96 bits per heavy atom. The minimum atomic E-state index is -1.23. The molecule has 1 heterocycles. The lowest BCUT2D eigenvalue weighted by Gasteiger charge is -2.12. The minimum Gasteiger partial charge on any atom is -0.378 e. The molecule has 1 amide bonds. The Balaban J connectivity index is 1.78. The van der Waals surface area contributed by atoms with Crippen LogP contribution in [0.5, 0.6) is 0 Å². The number of benzene rings is 2. The lowest BCUT2D eigenvalue weighted by atomic mass is 10.1. The molecule has 0 bridgehead atoms. The van der Waals surface area contributed by atoms with Crippen LogP contribution in [0, 0.1) is 6.92 Å². The highest BCUT2D eigenvalue weighted by Gasteiger charge is 2.17. The van der Waals surface area contributed by atoms with Crippen LogP contribution in [-0.2, 0) is 4.79 Å². The van der Waals surface area contributed by atoms with Crippen molar-refractivity contribution in [1.82, 2.24) is 20.2 Å². The lowest BCUT2D eigenvalue weighted by molar-refractivity contribution is -0.124. The smallest absolute Gasteiger partial charge is 0.257 e. The van der Waals surface area contributed by atoms with E-state index in [1.807, 2.05) is 12.1 Å². The average Bonchev–Trinajstić information content (AvgIpc) is 3.01. The Labute approximate surface area is 132 Å². The van der Waals surface area contributed by atoms with Crippen molar-refractivity contribution in [2.24, 2.45) is 0 Å². The molecule has 116 valence electrons. The third kappa shape index (κ3) is 3.24. The Hall–Kier alpha value is -3.06. The molecule has 3 rings (SSSR count). The van der Waals surface area contributed by atoms with E-state index in [1.165, 1.54) is 0 Å². The molecule has 0 saturated carbocycles. The second-order valence-corrected chi connectivity index (χ2v) is 4.99. The summed E-state index contributed by atoms with van der Waals surface area (Å²) < 4.78 is 1.56. The van der Waals surface area contributed by atoms with E-state index < -0.39 is 12.0 Å². The lowest BCUT2D eigenvalue weighted by Crippen LogP contribution is -2.20. The van der Waals surface area contributed by atoms with E-state index in [2.05, 4.69) is 20.8 Å². The summed E-state index contributed by atoms with van der Waals surface area (Å²) in [4.78, 5) is 12.2. The van der Waals surface area contributed by atoms with Gasteiger partial charge in [0.05, 0.1) is 5.69 Å². The number of carbonyl (C=O) groups is 1. The SMILES string of the molecule is Cc1nnnn1-c1cccc(NC(=O)C(O)c2ccccc2)c1. The van der Waals surface area contributed by atoms with E-state index >= 15 is 0 Å². The number of anilines is 1. The number of amides is 1. The molecular weight excluding hydrogens is 294 g/mol. The van der Waals surface area contributed by atoms with Crippen LogP contribution in [0.1, 0.15) is 17.5 Å². The standard InChI is InChI=1S/C16H15N5O2/c1-11-18-19-20-21(11)14-9-5-8-13(10-14)17-16(23)15(22)12-6-3-2-4-7-12/h2-10,15,22H,1H3,(H,17,23). The molecule has 2 N–H and O–H groups in total. The third-order valence-electron chi connectivity index (χ3n) is 3.35. The summed E-state index contributed by atoms with van der Waals surface area (Å²) >= 11 is 0. The molecular formula is C16H15N5O2. The first-order valence-electron chi connectivity index (χ1n) is 7.04. The summed E-state index contributed by atoms with van der Waals surface area (Å²) in [5.41, 5.74) is 1.81. The maximum Gasteiger partial charge on any atom is 0.257 e. The fourth-order valence-corrected chi connectivity index (χ4v) is 2.18. The van der Waals surface area contributed by atoms with Crippen molar-refractivity contribution in [2.45, 2.75) is 13.0 Å². The van der Waals surface area contributed by atoms with Crippen molar-refractivity contribution < 1.29 is 9.90 Å². The van der Waals surface area contributed by atoms with Crippen LogP contribution in [0.3, 0.4) is 0 Å². The Morgan fingerprint density at radius 1 is 1.17 bits per heavy atom. The molecule has 0 saturated heterocycles. The number of hydrogen-bond donors (Lipinski definition) is 2. The van der Waals surface area contributed by atoms with Gasteiger partial charge in [0.15, 0.2) is 11.9 Å². The number of aryl methyl sites for hydroxylation is 1. The summed E-state index contributed by atoms with van der Waals surface area (Å²) in [6.07, 6.45) is -1.23. The zero-order valence-corrected chi connectivity index (χ0v) is 12.4. The van der Waals surface area contributed by atoms with Crippen LogP contribution in [0.2, 0.25) is 0 Å². The van der Waals surface area contributed by atoms with E-state index in [1.54, 1.807) is 54.1 Å². The van der Waals surface area contributed by atoms with Gasteiger partial charge in [0.25, 0.3) is 5.91 Å². The van der Waals surface area contributed by atoms with Gasteiger partial charge >= 0.3 is 0 Å². The van der Waals surface area contributed by atoms with Gasteiger partial charge in [0, 0.05) is 5.69 Å². The van der Waals surface area contributed by atoms with Crippen molar-refractivity contribution >= 4 is 11.6 Å². The number of tetrazole rings is 1. The maximum atomic E-state index is 12.2. The second-order valence-electron chi connectivity index (χ2n) is 4.99. The molecule has 23 heavy (non-hydrogen) atoms. The number of nitrogens with zero attached hydrogens (tertiary/aromatic N) is 4. The molecule has 1 unspecified atom stereocenters. The monoisotopic (exact) mass is 309 g/mol. The summed E-state index contributed by atoms with van der Waals surface area (Å²) in [6.45, 7) is 1.78. The van der Waals surface area contributed by atoms with Gasteiger partial charge in [0.2, 0.25) is 0 Å². The van der Waals surface area contributed by atoms with Crippen LogP contribution >= 0.6 is 0 Å². The van der Waals surface area contributed by atoms with Crippen LogP contribution in [0.15, 0.2) is 54.6 Å². The van der Waals surface area contributed by atoms with E-state index in [0.29, 0.717) is 17.1 Å². The third-order valence-corrected chi connectivity index (χ3v) is 3.35. The van der Waals surface area contributed by atoms with Crippen molar-refractivity contribution in [2.75, 3.05) is 5.32 Å². The zero-order valence-electron chi connectivity index (χ0n) is 12.4. The Kier molecular flexibility index (Phi) is 4.11. The van der Waals surface area contributed by atoms with Gasteiger partial charge in [-0.1, -0.05) is 36.4 Å². The van der Waals surface area contributed by atoms with Crippen LogP contribution in [-0.4, -0.2) is 31.2 Å². The van der Waals surface area contributed by atoms with Gasteiger partial charge in [-0.05, 0) is 41.1 Å². The molecule has 0 aliphatic rings. The highest BCUT2D eigenvalue weighted by Crippen LogP contribution is 2.18. The van der Waals surface area contributed by atoms with Crippen LogP contribution in [0.25, 0.3) is 5.69 Å². The molecule has 1 atom stereocenters. The Bertz CT molecular complexity index is 816. The zero-order chi connectivity index (χ0) is 16.2. The fraction of sp³-hybridized carbons (Fsp3) is 0.125. The highest BCUT2D eigenvalue weighted by atomic mass is 16.3. The van der Waals surface area contributed by atoms with E-state index in [0.717, 1.165) is 5.69 Å². The van der Waals surface area contributed by atoms with Crippen molar-refractivity contribution in [1.29, 1.82) is 0 Å². The summed E-state index contributed by atoms with van der Waals surface area (Å²) in [5, 5.41) is 24.1. The number of carbonyl (C=O) groups excluding carboxylic acids is 1. The van der Waals surface area contributed by atoms with Crippen molar-refractivity contribution in [3.05, 3.63) is 66.0 Å². The number of aromatic nitrogens is 4. The summed E-state index contributed by atoms with van der Waals surface area (Å²) in [7, 11) is 0. The highest BCUT2D eigenvalue weighted by molar-refractivity contribution is 5.94. The number of nitrogens with one attached hydrogen (secondary N) is 1. The van der Waals surface area contributed by atoms with Gasteiger partial charge < -0.3 is 10.4 Å². The molecule has 0 radical (unpaired) electrons. The van der Waals surface area contributed by atoms with Gasteiger partial charge in [-0.25, -0.2) is 0 Å². The first kappa shape index (κ1) is 14.9. The molecule has 0 fully saturated rings. The average molecular weight is 309 g/mol. The van der Waals surface area contributed by atoms with Gasteiger partial charge in [-0.15, -0.1) is 5.10 Å².